The SMILES string of the molecule is COC(=O)c1cccc(CSC(=N)N)c1. The van der Waals surface area contributed by atoms with E-state index in [1.807, 2.05) is 6.07 Å². The molecular formula is C10H12N2O2S. The Bertz CT molecular complexity index is 379. The van der Waals surface area contributed by atoms with Crippen LogP contribution in [0.4, 0.5) is 0 Å². The third kappa shape index (κ3) is 3.63. The molecule has 0 aliphatic carbocycles. The van der Waals surface area contributed by atoms with Crippen LogP contribution in [0, 0.1) is 5.41 Å². The van der Waals surface area contributed by atoms with Crippen molar-refractivity contribution in [2.45, 2.75) is 5.75 Å². The van der Waals surface area contributed by atoms with E-state index in [4.69, 9.17) is 11.1 Å². The summed E-state index contributed by atoms with van der Waals surface area (Å²) in [5, 5.41) is 7.14. The summed E-state index contributed by atoms with van der Waals surface area (Å²) in [6.07, 6.45) is 0. The van der Waals surface area contributed by atoms with E-state index in [1.54, 1.807) is 18.2 Å². The van der Waals surface area contributed by atoms with Gasteiger partial charge in [-0.3, -0.25) is 5.41 Å². The third-order valence-corrected chi connectivity index (χ3v) is 2.53. The van der Waals surface area contributed by atoms with E-state index in [-0.39, 0.29) is 11.1 Å². The molecule has 80 valence electrons. The van der Waals surface area contributed by atoms with Gasteiger partial charge in [0.1, 0.15) is 0 Å². The summed E-state index contributed by atoms with van der Waals surface area (Å²) in [4.78, 5) is 11.2. The van der Waals surface area contributed by atoms with Crippen LogP contribution in [0.25, 0.3) is 0 Å². The molecule has 0 fully saturated rings. The van der Waals surface area contributed by atoms with E-state index in [1.165, 1.54) is 18.9 Å². The molecule has 0 amide bonds. The molecule has 0 atom stereocenters. The number of methoxy groups -OCH3 is 1. The maximum atomic E-state index is 11.2. The van der Waals surface area contributed by atoms with Gasteiger partial charge in [-0.1, -0.05) is 23.9 Å². The lowest BCUT2D eigenvalue weighted by atomic mass is 10.1. The van der Waals surface area contributed by atoms with Crippen molar-refractivity contribution in [1.82, 2.24) is 0 Å². The van der Waals surface area contributed by atoms with Gasteiger partial charge in [-0.15, -0.1) is 0 Å². The third-order valence-electron chi connectivity index (χ3n) is 1.74. The molecule has 15 heavy (non-hydrogen) atoms. The molecule has 1 rings (SSSR count). The smallest absolute Gasteiger partial charge is 0.337 e. The number of rotatable bonds is 3. The molecule has 3 N–H and O–H groups in total. The molecule has 4 nitrogen and oxygen atoms in total. The maximum Gasteiger partial charge on any atom is 0.337 e. The minimum absolute atomic E-state index is 0.0680. The number of esters is 1. The molecule has 0 spiro atoms. The number of nitrogens with one attached hydrogen (secondary N) is 1. The van der Waals surface area contributed by atoms with Crippen LogP contribution in [0.3, 0.4) is 0 Å². The van der Waals surface area contributed by atoms with Crippen molar-refractivity contribution < 1.29 is 9.53 Å². The Morgan fingerprint density at radius 1 is 1.60 bits per heavy atom. The number of carbonyl (C=O) groups is 1. The van der Waals surface area contributed by atoms with Crippen molar-refractivity contribution >= 4 is 22.9 Å². The summed E-state index contributed by atoms with van der Waals surface area (Å²) in [7, 11) is 1.35. The van der Waals surface area contributed by atoms with E-state index < -0.39 is 0 Å². The standard InChI is InChI=1S/C10H12N2O2S/c1-14-9(13)8-4-2-3-7(5-8)6-15-10(11)12/h2-5H,6H2,1H3,(H3,11,12). The van der Waals surface area contributed by atoms with Crippen LogP contribution in [-0.2, 0) is 10.5 Å². The highest BCUT2D eigenvalue weighted by Crippen LogP contribution is 2.13. The quantitative estimate of drug-likeness (QED) is 0.464. The number of ether oxygens (including phenoxy) is 1. The highest BCUT2D eigenvalue weighted by molar-refractivity contribution is 8.13. The fourth-order valence-electron chi connectivity index (χ4n) is 1.07. The van der Waals surface area contributed by atoms with Crippen molar-refractivity contribution in [3.8, 4) is 0 Å². The molecule has 0 radical (unpaired) electrons. The zero-order chi connectivity index (χ0) is 11.3. The second-order valence-corrected chi connectivity index (χ2v) is 3.86. The predicted octanol–water partition coefficient (Wildman–Crippen LogP) is 1.60. The summed E-state index contributed by atoms with van der Waals surface area (Å²) in [6.45, 7) is 0. The van der Waals surface area contributed by atoms with E-state index >= 15 is 0 Å². The number of thioether (sulfide) groups is 1. The molecule has 1 aromatic carbocycles. The highest BCUT2D eigenvalue weighted by Gasteiger charge is 2.05. The lowest BCUT2D eigenvalue weighted by molar-refractivity contribution is 0.0600. The number of benzene rings is 1. The summed E-state index contributed by atoms with van der Waals surface area (Å²) < 4.78 is 4.60. The molecule has 0 heterocycles. The van der Waals surface area contributed by atoms with Gasteiger partial charge in [0.05, 0.1) is 12.7 Å². The number of amidine groups is 1. The Labute approximate surface area is 92.3 Å². The zero-order valence-electron chi connectivity index (χ0n) is 8.32. The van der Waals surface area contributed by atoms with Gasteiger partial charge in [-0.25, -0.2) is 4.79 Å². The van der Waals surface area contributed by atoms with Crippen LogP contribution < -0.4 is 5.73 Å². The molecule has 0 saturated heterocycles. The minimum atomic E-state index is -0.357. The highest BCUT2D eigenvalue weighted by atomic mass is 32.2. The van der Waals surface area contributed by atoms with Crippen molar-refractivity contribution in [1.29, 1.82) is 5.41 Å². The second kappa shape index (κ2) is 5.41. The van der Waals surface area contributed by atoms with Crippen molar-refractivity contribution in [3.63, 3.8) is 0 Å². The summed E-state index contributed by atoms with van der Waals surface area (Å²) in [6, 6.07) is 7.08. The molecule has 0 aliphatic rings. The Balaban J connectivity index is 2.74. The lowest BCUT2D eigenvalue weighted by Gasteiger charge is -2.03. The second-order valence-electron chi connectivity index (χ2n) is 2.84. The topological polar surface area (TPSA) is 76.2 Å². The first-order valence-electron chi connectivity index (χ1n) is 4.27. The summed E-state index contributed by atoms with van der Waals surface area (Å²) in [5.74, 6) is 0.227. The van der Waals surface area contributed by atoms with Crippen LogP contribution in [0.5, 0.6) is 0 Å². The van der Waals surface area contributed by atoms with E-state index in [0.717, 1.165) is 5.56 Å². The molecule has 5 heteroatoms. The van der Waals surface area contributed by atoms with Crippen LogP contribution in [0.2, 0.25) is 0 Å². The minimum Gasteiger partial charge on any atom is -0.465 e. The maximum absolute atomic E-state index is 11.2. The van der Waals surface area contributed by atoms with Gasteiger partial charge in [-0.05, 0) is 17.7 Å². The fraction of sp³-hybridized carbons (Fsp3) is 0.200. The molecule has 0 bridgehead atoms. The Morgan fingerprint density at radius 3 is 2.93 bits per heavy atom. The van der Waals surface area contributed by atoms with Gasteiger partial charge in [0.25, 0.3) is 0 Å². The van der Waals surface area contributed by atoms with Crippen LogP contribution >= 0.6 is 11.8 Å². The largest absolute Gasteiger partial charge is 0.465 e. The van der Waals surface area contributed by atoms with Crippen LogP contribution in [0.1, 0.15) is 15.9 Å². The Kier molecular flexibility index (Phi) is 4.17. The Hall–Kier alpha value is -1.49. The average molecular weight is 224 g/mol. The van der Waals surface area contributed by atoms with E-state index in [0.29, 0.717) is 11.3 Å². The van der Waals surface area contributed by atoms with Crippen molar-refractivity contribution in [2.24, 2.45) is 5.73 Å². The van der Waals surface area contributed by atoms with Gasteiger partial charge >= 0.3 is 5.97 Å². The van der Waals surface area contributed by atoms with Gasteiger partial charge in [-0.2, -0.15) is 0 Å². The molecule has 0 aliphatic heterocycles. The number of nitrogens with two attached hydrogens (primary N) is 1. The van der Waals surface area contributed by atoms with Gasteiger partial charge in [0, 0.05) is 5.75 Å². The first kappa shape index (κ1) is 11.6. The first-order valence-corrected chi connectivity index (χ1v) is 5.26. The fourth-order valence-corrected chi connectivity index (χ4v) is 1.57. The Morgan fingerprint density at radius 2 is 2.33 bits per heavy atom. The van der Waals surface area contributed by atoms with E-state index in [9.17, 15) is 4.79 Å². The molecule has 1 aromatic rings. The molecule has 0 saturated carbocycles. The van der Waals surface area contributed by atoms with Gasteiger partial charge < -0.3 is 10.5 Å². The summed E-state index contributed by atoms with van der Waals surface area (Å²) in [5.41, 5.74) is 6.67. The number of hydrogen-bond donors (Lipinski definition) is 2. The average Bonchev–Trinajstić information content (AvgIpc) is 2.25. The molecule has 0 aromatic heterocycles. The van der Waals surface area contributed by atoms with Gasteiger partial charge in [0.15, 0.2) is 5.17 Å². The zero-order valence-corrected chi connectivity index (χ0v) is 9.14. The van der Waals surface area contributed by atoms with Crippen LogP contribution in [0.15, 0.2) is 24.3 Å². The number of carbonyl (C=O) groups excluding carboxylic acids is 1. The van der Waals surface area contributed by atoms with Crippen molar-refractivity contribution in [3.05, 3.63) is 35.4 Å². The normalized spacial score (nSPS) is 9.67. The predicted molar refractivity (Wildman–Crippen MR) is 61.0 cm³/mol. The first-order chi connectivity index (χ1) is 7.13. The lowest BCUT2D eigenvalue weighted by Crippen LogP contribution is -2.04. The van der Waals surface area contributed by atoms with Gasteiger partial charge in [0.2, 0.25) is 0 Å². The monoisotopic (exact) mass is 224 g/mol. The molecular weight excluding hydrogens is 212 g/mol. The van der Waals surface area contributed by atoms with Crippen LogP contribution in [-0.4, -0.2) is 18.2 Å². The number of hydrogen-bond acceptors (Lipinski definition) is 4. The van der Waals surface area contributed by atoms with Crippen molar-refractivity contribution in [2.75, 3.05) is 7.11 Å². The molecule has 0 unspecified atom stereocenters. The summed E-state index contributed by atoms with van der Waals surface area (Å²) >= 11 is 1.22. The van der Waals surface area contributed by atoms with E-state index in [2.05, 4.69) is 4.74 Å².